The highest BCUT2D eigenvalue weighted by Crippen LogP contribution is 2.40. The zero-order valence-corrected chi connectivity index (χ0v) is 18.0. The fourth-order valence-corrected chi connectivity index (χ4v) is 4.12. The van der Waals surface area contributed by atoms with E-state index in [4.69, 9.17) is 15.3 Å². The molecule has 0 radical (unpaired) electrons. The maximum Gasteiger partial charge on any atom is 0.193 e. The van der Waals surface area contributed by atoms with Gasteiger partial charge >= 0.3 is 0 Å². The molecule has 2 atom stereocenters. The number of hydrogen-bond acceptors (Lipinski definition) is 2. The van der Waals surface area contributed by atoms with Gasteiger partial charge < -0.3 is 8.85 Å². The van der Waals surface area contributed by atoms with E-state index in [1.54, 1.807) is 0 Å². The van der Waals surface area contributed by atoms with Crippen LogP contribution >= 0.6 is 0 Å². The minimum atomic E-state index is -1.88. The number of rotatable bonds is 5. The summed E-state index contributed by atoms with van der Waals surface area (Å²) in [6.07, 6.45) is 5.41. The second kappa shape index (κ2) is 6.58. The molecule has 0 aromatic rings. The van der Waals surface area contributed by atoms with Crippen LogP contribution in [0.25, 0.3) is 0 Å². The van der Waals surface area contributed by atoms with E-state index in [1.807, 2.05) is 0 Å². The molecular formula is C17H36O2Si2. The molecule has 0 aliphatic rings. The Morgan fingerprint density at radius 3 is 1.43 bits per heavy atom. The zero-order valence-electron chi connectivity index (χ0n) is 16.0. The van der Waals surface area contributed by atoms with Gasteiger partial charge in [-0.15, -0.1) is 6.42 Å². The first-order valence-corrected chi connectivity index (χ1v) is 13.7. The van der Waals surface area contributed by atoms with E-state index in [9.17, 15) is 0 Å². The van der Waals surface area contributed by atoms with Gasteiger partial charge in [0.05, 0.1) is 6.10 Å². The molecule has 0 saturated heterocycles. The second-order valence-corrected chi connectivity index (χ2v) is 18.6. The van der Waals surface area contributed by atoms with Gasteiger partial charge in [-0.25, -0.2) is 0 Å². The van der Waals surface area contributed by atoms with E-state index < -0.39 is 16.6 Å². The van der Waals surface area contributed by atoms with Gasteiger partial charge in [-0.3, -0.25) is 0 Å². The summed E-state index contributed by atoms with van der Waals surface area (Å²) in [4.78, 5) is 0. The van der Waals surface area contributed by atoms with Crippen LogP contribution in [0.1, 0.15) is 48.5 Å². The summed E-state index contributed by atoms with van der Waals surface area (Å²) in [6.45, 7) is 24.4. The highest BCUT2D eigenvalue weighted by molar-refractivity contribution is 6.74. The van der Waals surface area contributed by atoms with Crippen LogP contribution in [-0.4, -0.2) is 28.8 Å². The first-order valence-electron chi connectivity index (χ1n) is 7.87. The van der Waals surface area contributed by atoms with Crippen LogP contribution in [-0.2, 0) is 8.85 Å². The minimum Gasteiger partial charge on any atom is -0.411 e. The summed E-state index contributed by atoms with van der Waals surface area (Å²) in [5.74, 6) is 2.81. The summed E-state index contributed by atoms with van der Waals surface area (Å²) in [7, 11) is -3.71. The lowest BCUT2D eigenvalue weighted by atomic mass is 10.2. The molecule has 0 aromatic heterocycles. The lowest BCUT2D eigenvalue weighted by Gasteiger charge is -2.43. The maximum atomic E-state index is 6.41. The van der Waals surface area contributed by atoms with Gasteiger partial charge in [0, 0.05) is 0 Å². The Morgan fingerprint density at radius 2 is 1.14 bits per heavy atom. The van der Waals surface area contributed by atoms with Crippen molar-refractivity contribution in [2.75, 3.05) is 0 Å². The van der Waals surface area contributed by atoms with Crippen LogP contribution in [0.2, 0.25) is 36.3 Å². The van der Waals surface area contributed by atoms with E-state index in [0.717, 1.165) is 0 Å². The van der Waals surface area contributed by atoms with Crippen LogP contribution < -0.4 is 0 Å². The Hall–Kier alpha value is -0.0862. The van der Waals surface area contributed by atoms with Crippen LogP contribution in [0.3, 0.4) is 0 Å². The highest BCUT2D eigenvalue weighted by atomic mass is 28.4. The van der Waals surface area contributed by atoms with Crippen molar-refractivity contribution in [1.29, 1.82) is 0 Å². The van der Waals surface area contributed by atoms with Gasteiger partial charge in [-0.2, -0.15) is 0 Å². The molecule has 0 rings (SSSR count). The van der Waals surface area contributed by atoms with Crippen LogP contribution in [0.15, 0.2) is 0 Å². The van der Waals surface area contributed by atoms with Crippen molar-refractivity contribution in [2.45, 2.75) is 96.9 Å². The summed E-state index contributed by atoms with van der Waals surface area (Å²) < 4.78 is 12.8. The standard InChI is InChI=1S/C17H36O2Si2/c1-13-15(19-21(11,12)17(6,7)8)14(2)18-20(9,10)16(3,4)5/h1,14-15H,2-12H3/t14-,15+/m1/s1. The van der Waals surface area contributed by atoms with Crippen molar-refractivity contribution >= 4 is 16.6 Å². The van der Waals surface area contributed by atoms with Crippen molar-refractivity contribution in [1.82, 2.24) is 0 Å². The summed E-state index contributed by atoms with van der Waals surface area (Å²) in [6, 6.07) is 0. The average molecular weight is 329 g/mol. The fraction of sp³-hybridized carbons (Fsp3) is 0.882. The summed E-state index contributed by atoms with van der Waals surface area (Å²) >= 11 is 0. The number of hydrogen-bond donors (Lipinski definition) is 0. The fourth-order valence-electron chi connectivity index (χ4n) is 1.46. The van der Waals surface area contributed by atoms with Gasteiger partial charge in [-0.1, -0.05) is 47.5 Å². The molecule has 0 fully saturated rings. The number of terminal acetylenes is 1. The van der Waals surface area contributed by atoms with Crippen molar-refractivity contribution in [3.63, 3.8) is 0 Å². The smallest absolute Gasteiger partial charge is 0.193 e. The largest absolute Gasteiger partial charge is 0.411 e. The predicted molar refractivity (Wildman–Crippen MR) is 98.6 cm³/mol. The Bertz CT molecular complexity index is 381. The Kier molecular flexibility index (Phi) is 6.55. The lowest BCUT2D eigenvalue weighted by Crippen LogP contribution is -2.50. The first kappa shape index (κ1) is 20.9. The predicted octanol–water partition coefficient (Wildman–Crippen LogP) is 5.42. The molecule has 0 bridgehead atoms. The van der Waals surface area contributed by atoms with Crippen molar-refractivity contribution < 1.29 is 8.85 Å². The average Bonchev–Trinajstić information content (AvgIpc) is 2.21. The Labute approximate surface area is 135 Å². The molecule has 0 amide bonds. The summed E-state index contributed by atoms with van der Waals surface area (Å²) in [5, 5.41) is 0.330. The molecule has 0 aliphatic heterocycles. The van der Waals surface area contributed by atoms with Gasteiger partial charge in [0.25, 0.3) is 0 Å². The molecule has 0 heterocycles. The molecule has 0 aromatic carbocycles. The van der Waals surface area contributed by atoms with Gasteiger partial charge in [0.2, 0.25) is 0 Å². The molecule has 0 aliphatic carbocycles. The quantitative estimate of drug-likeness (QED) is 0.495. The zero-order chi connectivity index (χ0) is 17.3. The van der Waals surface area contributed by atoms with E-state index in [1.165, 1.54) is 0 Å². The van der Waals surface area contributed by atoms with Crippen LogP contribution in [0.5, 0.6) is 0 Å². The topological polar surface area (TPSA) is 18.5 Å². The maximum absolute atomic E-state index is 6.41. The molecule has 2 nitrogen and oxygen atoms in total. The van der Waals surface area contributed by atoms with Crippen molar-refractivity contribution in [3.05, 3.63) is 0 Å². The normalized spacial score (nSPS) is 17.2. The van der Waals surface area contributed by atoms with Crippen LogP contribution in [0.4, 0.5) is 0 Å². The third-order valence-corrected chi connectivity index (χ3v) is 14.1. The van der Waals surface area contributed by atoms with Crippen molar-refractivity contribution in [2.24, 2.45) is 0 Å². The highest BCUT2D eigenvalue weighted by Gasteiger charge is 2.43. The Balaban J connectivity index is 5.05. The molecule has 0 unspecified atom stereocenters. The molecular weight excluding hydrogens is 292 g/mol. The van der Waals surface area contributed by atoms with Gasteiger partial charge in [-0.05, 0) is 43.2 Å². The van der Waals surface area contributed by atoms with E-state index in [0.29, 0.717) is 0 Å². The third-order valence-electron chi connectivity index (χ3n) is 5.11. The monoisotopic (exact) mass is 328 g/mol. The summed E-state index contributed by atoms with van der Waals surface area (Å²) in [5.41, 5.74) is 0. The SMILES string of the molecule is C#C[C@H](O[Si](C)(C)C(C)(C)C)[C@@H](C)O[Si](C)(C)C(C)(C)C. The molecule has 0 N–H and O–H groups in total. The molecule has 21 heavy (non-hydrogen) atoms. The molecule has 4 heteroatoms. The van der Waals surface area contributed by atoms with E-state index >= 15 is 0 Å². The third kappa shape index (κ3) is 5.56. The van der Waals surface area contributed by atoms with E-state index in [-0.39, 0.29) is 22.3 Å². The second-order valence-electron chi connectivity index (χ2n) is 9.05. The first-order chi connectivity index (χ1) is 9.05. The molecule has 0 saturated carbocycles. The Morgan fingerprint density at radius 1 is 0.810 bits per heavy atom. The van der Waals surface area contributed by atoms with E-state index in [2.05, 4.69) is 80.6 Å². The lowest BCUT2D eigenvalue weighted by molar-refractivity contribution is 0.0815. The van der Waals surface area contributed by atoms with Crippen molar-refractivity contribution in [3.8, 4) is 12.3 Å². The van der Waals surface area contributed by atoms with Gasteiger partial charge in [0.1, 0.15) is 6.10 Å². The van der Waals surface area contributed by atoms with Gasteiger partial charge in [0.15, 0.2) is 16.6 Å². The van der Waals surface area contributed by atoms with Crippen LogP contribution in [0, 0.1) is 12.3 Å². The minimum absolute atomic E-state index is 0.0648. The molecule has 124 valence electrons. The molecule has 0 spiro atoms.